The van der Waals surface area contributed by atoms with E-state index in [9.17, 15) is 43.5 Å². The Morgan fingerprint density at radius 2 is 1.73 bits per heavy atom. The third kappa shape index (κ3) is 7.53. The van der Waals surface area contributed by atoms with Gasteiger partial charge in [-0.1, -0.05) is 12.1 Å². The Balaban J connectivity index is 1.71. The maximum absolute atomic E-state index is 14.0. The molecule has 3 aliphatic heterocycles. The number of carbonyl (C=O) groups excluding carboxylic acids is 8. The number of thioether (sulfide) groups is 1. The summed E-state index contributed by atoms with van der Waals surface area (Å²) in [6, 6.07) is 1.58. The van der Waals surface area contributed by atoms with Crippen LogP contribution in [0.2, 0.25) is 0 Å². The number of imide groups is 1. The number of benzene rings is 1. The van der Waals surface area contributed by atoms with Crippen LogP contribution in [0, 0.1) is 0 Å². The number of hydrogen-bond acceptors (Lipinski definition) is 12. The van der Waals surface area contributed by atoms with Crippen molar-refractivity contribution >= 4 is 59.8 Å². The lowest BCUT2D eigenvalue weighted by molar-refractivity contribution is -0.159. The Bertz CT molecular complexity index is 1560. The number of rotatable bonds is 10. The average molecular weight is 689 g/mol. The van der Waals surface area contributed by atoms with Crippen molar-refractivity contribution in [3.05, 3.63) is 41.1 Å². The average Bonchev–Trinajstić information content (AvgIpc) is 3.01. The number of aromatic hydroxyl groups is 1. The minimum absolute atomic E-state index is 0.0146. The van der Waals surface area contributed by atoms with E-state index in [0.717, 1.165) is 23.6 Å². The third-order valence-corrected chi connectivity index (χ3v) is 8.71. The zero-order valence-electron chi connectivity index (χ0n) is 26.8. The minimum Gasteiger partial charge on any atom is -0.508 e. The standard InChI is InChI=1S/C30H36N6O11S/c1-6-34-11-12-35(26(43)25(34)42)29(45)32-19(16-7-9-17(39)10-8-16)22(40)33-23(46-15(2)38)18-13-48-27-20(31-14-37)24(41)36(27)21(18)28(44)47-30(3,4)5/h7-10,14,19-20,23,27,39H,6,11-13H2,1-5H3,(H,31,37)(H,32,45)(H,33,40)/t19?,20-,23?,27-/m1/s1. The van der Waals surface area contributed by atoms with Crippen molar-refractivity contribution in [1.29, 1.82) is 0 Å². The highest BCUT2D eigenvalue weighted by Crippen LogP contribution is 2.42. The first-order valence-corrected chi connectivity index (χ1v) is 15.9. The van der Waals surface area contributed by atoms with Crippen LogP contribution in [0.1, 0.15) is 46.2 Å². The zero-order valence-corrected chi connectivity index (χ0v) is 27.6. The monoisotopic (exact) mass is 688 g/mol. The number of β-lactam (4-membered cyclic amide) rings is 1. The molecule has 4 atom stereocenters. The van der Waals surface area contributed by atoms with Gasteiger partial charge >= 0.3 is 29.8 Å². The molecule has 1 aromatic rings. The molecule has 2 unspecified atom stereocenters. The summed E-state index contributed by atoms with van der Waals surface area (Å²) in [5, 5.41) is 16.5. The van der Waals surface area contributed by atoms with E-state index in [4.69, 9.17) is 9.47 Å². The van der Waals surface area contributed by atoms with Crippen LogP contribution in [0.5, 0.6) is 5.75 Å². The van der Waals surface area contributed by atoms with E-state index in [1.165, 1.54) is 29.2 Å². The van der Waals surface area contributed by atoms with Crippen LogP contribution >= 0.6 is 11.8 Å². The molecule has 0 spiro atoms. The summed E-state index contributed by atoms with van der Waals surface area (Å²) in [5.74, 6) is -5.64. The van der Waals surface area contributed by atoms with Gasteiger partial charge in [-0.2, -0.15) is 0 Å². The third-order valence-electron chi connectivity index (χ3n) is 7.40. The van der Waals surface area contributed by atoms with E-state index in [0.29, 0.717) is 11.3 Å². The Morgan fingerprint density at radius 3 is 2.31 bits per heavy atom. The first kappa shape index (κ1) is 35.7. The quantitative estimate of drug-likeness (QED) is 0.0801. The SMILES string of the molecule is CCN1CCN(C(=O)NC(C(=O)NC(OC(C)=O)C2=C(C(=O)OC(C)(C)C)N3C(=O)[C@@H](NC=O)[C@H]3SC2)c2ccc(O)cc2)C(=O)C1=O. The van der Waals surface area contributed by atoms with Crippen LogP contribution in [0.4, 0.5) is 4.79 Å². The first-order chi connectivity index (χ1) is 22.6. The van der Waals surface area contributed by atoms with Gasteiger partial charge in [0.1, 0.15) is 34.5 Å². The molecule has 4 N–H and O–H groups in total. The van der Waals surface area contributed by atoms with Crippen LogP contribution in [0.3, 0.4) is 0 Å². The van der Waals surface area contributed by atoms with Crippen LogP contribution < -0.4 is 16.0 Å². The van der Waals surface area contributed by atoms with E-state index in [-0.39, 0.29) is 48.0 Å². The van der Waals surface area contributed by atoms with Crippen LogP contribution in [-0.4, -0.2) is 116 Å². The number of phenolic OH excluding ortho intramolecular Hbond substituents is 1. The number of hydrogen-bond donors (Lipinski definition) is 4. The number of nitrogens with one attached hydrogen (secondary N) is 3. The van der Waals surface area contributed by atoms with Crippen molar-refractivity contribution in [3.63, 3.8) is 0 Å². The smallest absolute Gasteiger partial charge is 0.355 e. The summed E-state index contributed by atoms with van der Waals surface area (Å²) >= 11 is 1.13. The summed E-state index contributed by atoms with van der Waals surface area (Å²) in [6.45, 7) is 7.74. The number of esters is 2. The van der Waals surface area contributed by atoms with Gasteiger partial charge in [0.05, 0.1) is 0 Å². The fourth-order valence-corrected chi connectivity index (χ4v) is 6.54. The second-order valence-corrected chi connectivity index (χ2v) is 13.0. The molecule has 2 saturated heterocycles. The molecule has 0 aliphatic carbocycles. The second-order valence-electron chi connectivity index (χ2n) is 11.9. The van der Waals surface area contributed by atoms with Crippen molar-refractivity contribution in [1.82, 2.24) is 30.7 Å². The molecular formula is C30H36N6O11S. The molecule has 17 nitrogen and oxygen atoms in total. The second kappa shape index (κ2) is 14.3. The number of carbonyl (C=O) groups is 8. The molecule has 4 rings (SSSR count). The predicted molar refractivity (Wildman–Crippen MR) is 166 cm³/mol. The van der Waals surface area contributed by atoms with Crippen molar-refractivity contribution in [2.75, 3.05) is 25.4 Å². The van der Waals surface area contributed by atoms with Crippen molar-refractivity contribution in [2.24, 2.45) is 0 Å². The molecule has 0 radical (unpaired) electrons. The van der Waals surface area contributed by atoms with Crippen LogP contribution in [0.15, 0.2) is 35.5 Å². The Kier molecular flexibility index (Phi) is 10.7. The summed E-state index contributed by atoms with van der Waals surface area (Å²) in [4.78, 5) is 105. The predicted octanol–water partition coefficient (Wildman–Crippen LogP) is -0.535. The molecule has 0 aromatic heterocycles. The van der Waals surface area contributed by atoms with E-state index in [2.05, 4.69) is 16.0 Å². The highest BCUT2D eigenvalue weighted by atomic mass is 32.2. The molecule has 0 saturated carbocycles. The molecule has 7 amide bonds. The number of likely N-dealkylation sites (N-methyl/N-ethyl adjacent to an activating group) is 1. The maximum Gasteiger partial charge on any atom is 0.355 e. The lowest BCUT2D eigenvalue weighted by Crippen LogP contribution is -2.70. The summed E-state index contributed by atoms with van der Waals surface area (Å²) < 4.78 is 11.0. The molecule has 18 heteroatoms. The number of urea groups is 1. The van der Waals surface area contributed by atoms with Gasteiger partial charge in [-0.15, -0.1) is 11.8 Å². The van der Waals surface area contributed by atoms with Gasteiger partial charge in [-0.25, -0.2) is 9.59 Å². The molecule has 3 aliphatic rings. The molecular weight excluding hydrogens is 652 g/mol. The molecule has 48 heavy (non-hydrogen) atoms. The van der Waals surface area contributed by atoms with Gasteiger partial charge in [0.25, 0.3) is 5.91 Å². The van der Waals surface area contributed by atoms with E-state index < -0.39 is 70.9 Å². The van der Waals surface area contributed by atoms with Gasteiger partial charge < -0.3 is 35.4 Å². The van der Waals surface area contributed by atoms with E-state index in [1.807, 2.05) is 0 Å². The highest BCUT2D eigenvalue weighted by Gasteiger charge is 2.55. The highest BCUT2D eigenvalue weighted by molar-refractivity contribution is 8.00. The minimum atomic E-state index is -1.66. The van der Waals surface area contributed by atoms with Gasteiger partial charge in [-0.3, -0.25) is 38.6 Å². The number of phenols is 1. The number of nitrogens with zero attached hydrogens (tertiary/aromatic N) is 3. The Morgan fingerprint density at radius 1 is 1.06 bits per heavy atom. The molecule has 258 valence electrons. The Hall–Kier alpha value is -5.13. The number of amides is 7. The fraction of sp³-hybridized carbons (Fsp3) is 0.467. The lowest BCUT2D eigenvalue weighted by atomic mass is 10.0. The zero-order chi connectivity index (χ0) is 35.5. The van der Waals surface area contributed by atoms with Crippen LogP contribution in [-0.2, 0) is 43.0 Å². The van der Waals surface area contributed by atoms with Gasteiger partial charge in [-0.05, 0) is 45.4 Å². The summed E-state index contributed by atoms with van der Waals surface area (Å²) in [7, 11) is 0. The van der Waals surface area contributed by atoms with Crippen molar-refractivity contribution < 1.29 is 52.9 Å². The summed E-state index contributed by atoms with van der Waals surface area (Å²) in [6.07, 6.45) is -1.30. The lowest BCUT2D eigenvalue weighted by Gasteiger charge is -2.50. The molecule has 2 fully saturated rings. The fourth-order valence-electron chi connectivity index (χ4n) is 5.16. The number of piperazine rings is 1. The molecule has 3 heterocycles. The van der Waals surface area contributed by atoms with Gasteiger partial charge in [0, 0.05) is 37.9 Å². The molecule has 0 bridgehead atoms. The number of ether oxygens (including phenoxy) is 2. The number of fused-ring (bicyclic) bond motifs is 1. The van der Waals surface area contributed by atoms with E-state index in [1.54, 1.807) is 27.7 Å². The first-order valence-electron chi connectivity index (χ1n) is 14.9. The molecule has 1 aromatic carbocycles. The Labute approximate surface area is 279 Å². The normalized spacial score (nSPS) is 20.6. The van der Waals surface area contributed by atoms with Crippen molar-refractivity contribution in [2.45, 2.75) is 63.9 Å². The van der Waals surface area contributed by atoms with E-state index >= 15 is 0 Å². The largest absolute Gasteiger partial charge is 0.508 e. The van der Waals surface area contributed by atoms with Crippen LogP contribution in [0.25, 0.3) is 0 Å². The van der Waals surface area contributed by atoms with Gasteiger partial charge in [0.15, 0.2) is 0 Å². The van der Waals surface area contributed by atoms with Crippen molar-refractivity contribution in [3.8, 4) is 5.75 Å². The topological polar surface area (TPSA) is 221 Å². The maximum atomic E-state index is 14.0. The van der Waals surface area contributed by atoms with Gasteiger partial charge in [0.2, 0.25) is 18.5 Å². The summed E-state index contributed by atoms with van der Waals surface area (Å²) in [5.41, 5.74) is -1.19.